The third-order valence-corrected chi connectivity index (χ3v) is 3.73. The van der Waals surface area contributed by atoms with E-state index >= 15 is 0 Å². The Balaban J connectivity index is 4.52. The topological polar surface area (TPSA) is 103 Å². The first kappa shape index (κ1) is 11.4. The molecule has 0 aliphatic rings. The second-order valence-corrected chi connectivity index (χ2v) is 5.22. The molecule has 12 heavy (non-hydrogen) atoms. The van der Waals surface area contributed by atoms with Crippen molar-refractivity contribution in [2.45, 2.75) is 25.1 Å². The summed E-state index contributed by atoms with van der Waals surface area (Å²) in [5.74, 6) is -1.05. The van der Waals surface area contributed by atoms with Crippen molar-refractivity contribution in [3.05, 3.63) is 0 Å². The lowest BCUT2D eigenvalue weighted by Crippen LogP contribution is -2.39. The number of carbonyl (C=O) groups excluding carboxylic acids is 1. The van der Waals surface area contributed by atoms with Gasteiger partial charge in [0.1, 0.15) is 5.25 Å². The maximum atomic E-state index is 11.2. The molecular weight excluding hydrogens is 180 g/mol. The van der Waals surface area contributed by atoms with Gasteiger partial charge in [-0.3, -0.25) is 4.79 Å². The van der Waals surface area contributed by atoms with Crippen molar-refractivity contribution in [3.63, 3.8) is 0 Å². The molecule has 0 aromatic rings. The number of hydrogen-bond acceptors (Lipinski definition) is 4. The van der Waals surface area contributed by atoms with E-state index in [2.05, 4.69) is 0 Å². The molecule has 0 bridgehead atoms. The molecule has 0 radical (unpaired) electrons. The van der Waals surface area contributed by atoms with Gasteiger partial charge >= 0.3 is 0 Å². The molecule has 0 aromatic carbocycles. The largest absolute Gasteiger partial charge is 0.369 e. The van der Waals surface area contributed by atoms with Gasteiger partial charge in [0, 0.05) is 6.04 Å². The van der Waals surface area contributed by atoms with Gasteiger partial charge in [-0.2, -0.15) is 0 Å². The predicted molar refractivity (Wildman–Crippen MR) is 46.1 cm³/mol. The van der Waals surface area contributed by atoms with Crippen molar-refractivity contribution in [1.29, 1.82) is 0 Å². The highest BCUT2D eigenvalue weighted by Gasteiger charge is 2.26. The summed E-state index contributed by atoms with van der Waals surface area (Å²) in [6.07, 6.45) is 0. The fourth-order valence-electron chi connectivity index (χ4n) is 0.688. The molecule has 0 saturated heterocycles. The van der Waals surface area contributed by atoms with Crippen LogP contribution in [0.4, 0.5) is 0 Å². The smallest absolute Gasteiger partial charge is 0.235 e. The van der Waals surface area contributed by atoms with Crippen molar-refractivity contribution in [2.24, 2.45) is 11.5 Å². The Kier molecular flexibility index (Phi) is 3.66. The van der Waals surface area contributed by atoms with Crippen LogP contribution in [-0.4, -0.2) is 31.4 Å². The van der Waals surface area contributed by atoms with E-state index in [4.69, 9.17) is 11.5 Å². The van der Waals surface area contributed by atoms with Gasteiger partial charge in [-0.25, -0.2) is 8.42 Å². The lowest BCUT2D eigenvalue weighted by atomic mass is 10.4. The van der Waals surface area contributed by atoms with E-state index in [1.807, 2.05) is 0 Å². The van der Waals surface area contributed by atoms with Crippen LogP contribution >= 0.6 is 0 Å². The Morgan fingerprint density at radius 2 is 1.83 bits per heavy atom. The second kappa shape index (κ2) is 3.86. The molecule has 6 heteroatoms. The molecule has 5 nitrogen and oxygen atoms in total. The molecule has 0 aliphatic heterocycles. The number of carbonyl (C=O) groups is 1. The number of rotatable bonds is 4. The van der Waals surface area contributed by atoms with E-state index in [0.29, 0.717) is 0 Å². The standard InChI is InChI=1S/C6H14N2O3S/c1-4(7)3-12(10,11)5(2)6(8)9/h4-5H,3,7H2,1-2H3,(H2,8,9). The lowest BCUT2D eigenvalue weighted by molar-refractivity contribution is -0.117. The van der Waals surface area contributed by atoms with Crippen molar-refractivity contribution in [1.82, 2.24) is 0 Å². The minimum Gasteiger partial charge on any atom is -0.369 e. The molecule has 0 fully saturated rings. The van der Waals surface area contributed by atoms with E-state index in [1.54, 1.807) is 6.92 Å². The Morgan fingerprint density at radius 3 is 2.08 bits per heavy atom. The lowest BCUT2D eigenvalue weighted by Gasteiger charge is -2.10. The van der Waals surface area contributed by atoms with Gasteiger partial charge < -0.3 is 11.5 Å². The zero-order valence-corrected chi connectivity index (χ0v) is 7.97. The van der Waals surface area contributed by atoms with Crippen molar-refractivity contribution >= 4 is 15.7 Å². The monoisotopic (exact) mass is 194 g/mol. The van der Waals surface area contributed by atoms with E-state index < -0.39 is 27.0 Å². The van der Waals surface area contributed by atoms with E-state index in [-0.39, 0.29) is 5.75 Å². The van der Waals surface area contributed by atoms with Gasteiger partial charge in [0.25, 0.3) is 0 Å². The molecule has 0 spiro atoms. The number of amides is 1. The molecule has 0 aromatic heterocycles. The minimum atomic E-state index is -3.46. The Labute approximate surface area is 72.0 Å². The molecule has 4 N–H and O–H groups in total. The van der Waals surface area contributed by atoms with Crippen LogP contribution in [0.2, 0.25) is 0 Å². The second-order valence-electron chi connectivity index (χ2n) is 2.85. The summed E-state index contributed by atoms with van der Waals surface area (Å²) in [7, 11) is -3.46. The summed E-state index contributed by atoms with van der Waals surface area (Å²) < 4.78 is 22.4. The van der Waals surface area contributed by atoms with Crippen LogP contribution in [0, 0.1) is 0 Å². The number of nitrogens with two attached hydrogens (primary N) is 2. The Hall–Kier alpha value is -0.620. The highest BCUT2D eigenvalue weighted by molar-refractivity contribution is 7.92. The van der Waals surface area contributed by atoms with Crippen LogP contribution in [-0.2, 0) is 14.6 Å². The molecule has 0 aliphatic carbocycles. The molecule has 0 rings (SSSR count). The predicted octanol–water partition coefficient (Wildman–Crippen LogP) is -1.38. The fourth-order valence-corrected chi connectivity index (χ4v) is 2.06. The quantitative estimate of drug-likeness (QED) is 0.575. The normalized spacial score (nSPS) is 16.9. The molecule has 0 heterocycles. The van der Waals surface area contributed by atoms with Gasteiger partial charge in [0.15, 0.2) is 9.84 Å². The molecular formula is C6H14N2O3S. The average Bonchev–Trinajstić information content (AvgIpc) is 1.82. The van der Waals surface area contributed by atoms with Gasteiger partial charge in [0.2, 0.25) is 5.91 Å². The van der Waals surface area contributed by atoms with Crippen LogP contribution < -0.4 is 11.5 Å². The summed E-state index contributed by atoms with van der Waals surface area (Å²) in [6.45, 7) is 2.82. The number of hydrogen-bond donors (Lipinski definition) is 2. The third-order valence-electron chi connectivity index (χ3n) is 1.43. The molecule has 1 amide bonds. The highest BCUT2D eigenvalue weighted by Crippen LogP contribution is 2.02. The molecule has 2 unspecified atom stereocenters. The van der Waals surface area contributed by atoms with Gasteiger partial charge in [-0.15, -0.1) is 0 Å². The first-order valence-corrected chi connectivity index (χ1v) is 5.25. The first-order chi connectivity index (χ1) is 5.27. The summed E-state index contributed by atoms with van der Waals surface area (Å²) in [5, 5.41) is -1.15. The number of sulfone groups is 1. The van der Waals surface area contributed by atoms with Gasteiger partial charge in [-0.05, 0) is 13.8 Å². The van der Waals surface area contributed by atoms with Gasteiger partial charge in [0.05, 0.1) is 5.75 Å². The van der Waals surface area contributed by atoms with Crippen molar-refractivity contribution in [2.75, 3.05) is 5.75 Å². The molecule has 0 saturated carbocycles. The summed E-state index contributed by atoms with van der Waals surface area (Å²) in [6, 6.07) is -0.475. The van der Waals surface area contributed by atoms with Crippen LogP contribution in [0.5, 0.6) is 0 Å². The van der Waals surface area contributed by atoms with Crippen molar-refractivity contribution in [3.8, 4) is 0 Å². The van der Waals surface area contributed by atoms with Crippen LogP contribution in [0.15, 0.2) is 0 Å². The Morgan fingerprint density at radius 1 is 1.42 bits per heavy atom. The van der Waals surface area contributed by atoms with Crippen LogP contribution in [0.25, 0.3) is 0 Å². The minimum absolute atomic E-state index is 0.211. The van der Waals surface area contributed by atoms with Crippen LogP contribution in [0.1, 0.15) is 13.8 Å². The zero-order chi connectivity index (χ0) is 9.94. The highest BCUT2D eigenvalue weighted by atomic mass is 32.2. The average molecular weight is 194 g/mol. The fraction of sp³-hybridized carbons (Fsp3) is 0.833. The molecule has 72 valence electrons. The van der Waals surface area contributed by atoms with E-state index in [0.717, 1.165) is 0 Å². The van der Waals surface area contributed by atoms with E-state index in [1.165, 1.54) is 6.92 Å². The SMILES string of the molecule is CC(N)CS(=O)(=O)C(C)C(N)=O. The van der Waals surface area contributed by atoms with Crippen LogP contribution in [0.3, 0.4) is 0 Å². The summed E-state index contributed by atoms with van der Waals surface area (Å²) >= 11 is 0. The number of primary amides is 1. The maximum Gasteiger partial charge on any atom is 0.235 e. The van der Waals surface area contributed by atoms with Gasteiger partial charge in [-0.1, -0.05) is 0 Å². The molecule has 2 atom stereocenters. The third kappa shape index (κ3) is 3.19. The maximum absolute atomic E-state index is 11.2. The Bertz CT molecular complexity index is 258. The zero-order valence-electron chi connectivity index (χ0n) is 7.15. The summed E-state index contributed by atoms with van der Waals surface area (Å²) in [4.78, 5) is 10.5. The first-order valence-electron chi connectivity index (χ1n) is 3.54. The summed E-state index contributed by atoms with van der Waals surface area (Å²) in [5.41, 5.74) is 10.1. The van der Waals surface area contributed by atoms with E-state index in [9.17, 15) is 13.2 Å². The van der Waals surface area contributed by atoms with Crippen molar-refractivity contribution < 1.29 is 13.2 Å².